The lowest BCUT2D eigenvalue weighted by atomic mass is 10.1. The van der Waals surface area contributed by atoms with Gasteiger partial charge >= 0.3 is 0 Å². The molecule has 1 atom stereocenters. The van der Waals surface area contributed by atoms with Gasteiger partial charge in [-0.25, -0.2) is 9.50 Å². The molecule has 26 heavy (non-hydrogen) atoms. The van der Waals surface area contributed by atoms with Gasteiger partial charge in [0.25, 0.3) is 5.56 Å². The molecule has 1 fully saturated rings. The van der Waals surface area contributed by atoms with Gasteiger partial charge in [0.15, 0.2) is 5.52 Å². The molecule has 7 nitrogen and oxygen atoms in total. The van der Waals surface area contributed by atoms with Gasteiger partial charge in [-0.05, 0) is 12.0 Å². The average Bonchev–Trinajstić information content (AvgIpc) is 3.32. The van der Waals surface area contributed by atoms with Crippen LogP contribution < -0.4 is 5.56 Å². The average molecular weight is 351 g/mol. The predicted octanol–water partition coefficient (Wildman–Crippen LogP) is 1.41. The molecule has 4 heterocycles. The number of nitrogens with zero attached hydrogens (tertiary/aromatic N) is 5. The summed E-state index contributed by atoms with van der Waals surface area (Å²) in [6.07, 6.45) is 2.59. The Labute approximate surface area is 150 Å². The molecule has 7 heteroatoms. The Morgan fingerprint density at radius 2 is 2.08 bits per heavy atom. The molecule has 1 saturated heterocycles. The van der Waals surface area contributed by atoms with E-state index in [1.54, 1.807) is 15.3 Å². The van der Waals surface area contributed by atoms with E-state index in [2.05, 4.69) is 34.1 Å². The summed E-state index contributed by atoms with van der Waals surface area (Å²) in [6.45, 7) is 4.43. The molecule has 3 aromatic rings. The van der Waals surface area contributed by atoms with Crippen LogP contribution in [0.1, 0.15) is 29.6 Å². The molecule has 0 amide bonds. The highest BCUT2D eigenvalue weighted by molar-refractivity contribution is 5.43. The van der Waals surface area contributed by atoms with Crippen LogP contribution in [-0.4, -0.2) is 43.8 Å². The minimum absolute atomic E-state index is 0.00651. The molecule has 0 radical (unpaired) electrons. The van der Waals surface area contributed by atoms with E-state index < -0.39 is 0 Å². The van der Waals surface area contributed by atoms with E-state index >= 15 is 0 Å². The number of ether oxygens (including phenoxy) is 1. The first-order valence-corrected chi connectivity index (χ1v) is 9.11. The maximum absolute atomic E-state index is 12.9. The van der Waals surface area contributed by atoms with Crippen LogP contribution in [0.4, 0.5) is 0 Å². The van der Waals surface area contributed by atoms with Crippen LogP contribution in [0.5, 0.6) is 0 Å². The number of fused-ring (bicyclic) bond motifs is 2. The standard InChI is InChI=1S/C19H21N5O2/c25-19-16-10-20-18(15-6-9-26-13-15)24(16)21-17-12-22(7-8-23(17)19)11-14-4-2-1-3-5-14/h1-5,10,15H,6-9,11-13H2. The molecule has 0 bridgehead atoms. The lowest BCUT2D eigenvalue weighted by Crippen LogP contribution is -2.40. The van der Waals surface area contributed by atoms with Crippen molar-refractivity contribution in [3.05, 3.63) is 64.1 Å². The van der Waals surface area contributed by atoms with Crippen molar-refractivity contribution in [2.24, 2.45) is 0 Å². The third kappa shape index (κ3) is 2.64. The van der Waals surface area contributed by atoms with Gasteiger partial charge in [0, 0.05) is 32.2 Å². The molecule has 0 saturated carbocycles. The number of imidazole rings is 1. The van der Waals surface area contributed by atoms with E-state index in [4.69, 9.17) is 9.84 Å². The zero-order valence-electron chi connectivity index (χ0n) is 14.5. The Kier molecular flexibility index (Phi) is 3.83. The topological polar surface area (TPSA) is 64.7 Å². The summed E-state index contributed by atoms with van der Waals surface area (Å²) in [5, 5.41) is 4.79. The van der Waals surface area contributed by atoms with Gasteiger partial charge in [0.1, 0.15) is 11.6 Å². The van der Waals surface area contributed by atoms with Gasteiger partial charge in [0.2, 0.25) is 0 Å². The van der Waals surface area contributed by atoms with Crippen molar-refractivity contribution in [3.63, 3.8) is 0 Å². The Hall–Kier alpha value is -2.51. The third-order valence-corrected chi connectivity index (χ3v) is 5.30. The maximum atomic E-state index is 12.9. The molecule has 5 rings (SSSR count). The number of hydrogen-bond donors (Lipinski definition) is 0. The van der Waals surface area contributed by atoms with Crippen molar-refractivity contribution in [1.29, 1.82) is 0 Å². The predicted molar refractivity (Wildman–Crippen MR) is 96.0 cm³/mol. The Morgan fingerprint density at radius 3 is 2.88 bits per heavy atom. The number of hydrogen-bond acceptors (Lipinski definition) is 5. The monoisotopic (exact) mass is 351 g/mol. The molecule has 2 aliphatic heterocycles. The van der Waals surface area contributed by atoms with E-state index in [-0.39, 0.29) is 11.5 Å². The second-order valence-electron chi connectivity index (χ2n) is 7.04. The van der Waals surface area contributed by atoms with Crippen LogP contribution in [-0.2, 0) is 24.4 Å². The Morgan fingerprint density at radius 1 is 1.19 bits per heavy atom. The minimum atomic E-state index is 0.00651. The first-order chi connectivity index (χ1) is 12.8. The SMILES string of the molecule is O=c1c2cnc(C3CCOC3)n2nc2n1CCN(Cc1ccccc1)C2. The van der Waals surface area contributed by atoms with Crippen molar-refractivity contribution in [3.8, 4) is 0 Å². The lowest BCUT2D eigenvalue weighted by molar-refractivity contribution is 0.192. The highest BCUT2D eigenvalue weighted by Crippen LogP contribution is 2.24. The third-order valence-electron chi connectivity index (χ3n) is 5.30. The van der Waals surface area contributed by atoms with Gasteiger partial charge in [0.05, 0.1) is 19.3 Å². The molecule has 0 spiro atoms. The van der Waals surface area contributed by atoms with Crippen LogP contribution in [0, 0.1) is 0 Å². The van der Waals surface area contributed by atoms with Gasteiger partial charge in [-0.2, -0.15) is 5.10 Å². The molecule has 2 aliphatic rings. The zero-order chi connectivity index (χ0) is 17.5. The van der Waals surface area contributed by atoms with E-state index in [0.717, 1.165) is 37.8 Å². The fourth-order valence-corrected chi connectivity index (χ4v) is 3.90. The highest BCUT2D eigenvalue weighted by Gasteiger charge is 2.26. The Bertz CT molecular complexity index is 988. The zero-order valence-corrected chi connectivity index (χ0v) is 14.5. The molecule has 134 valence electrons. The molecular formula is C19H21N5O2. The van der Waals surface area contributed by atoms with Gasteiger partial charge in [-0.3, -0.25) is 14.3 Å². The summed E-state index contributed by atoms with van der Waals surface area (Å²) >= 11 is 0. The molecular weight excluding hydrogens is 330 g/mol. The largest absolute Gasteiger partial charge is 0.381 e. The van der Waals surface area contributed by atoms with E-state index in [0.29, 0.717) is 25.2 Å². The first-order valence-electron chi connectivity index (χ1n) is 9.11. The summed E-state index contributed by atoms with van der Waals surface area (Å²) in [4.78, 5) is 19.7. The maximum Gasteiger partial charge on any atom is 0.279 e. The molecule has 1 aromatic carbocycles. The summed E-state index contributed by atoms with van der Waals surface area (Å²) < 4.78 is 9.03. The summed E-state index contributed by atoms with van der Waals surface area (Å²) in [5.41, 5.74) is 1.84. The van der Waals surface area contributed by atoms with Gasteiger partial charge in [-0.1, -0.05) is 30.3 Å². The van der Waals surface area contributed by atoms with E-state index in [9.17, 15) is 4.79 Å². The summed E-state index contributed by atoms with van der Waals surface area (Å²) in [7, 11) is 0. The smallest absolute Gasteiger partial charge is 0.279 e. The van der Waals surface area contributed by atoms with Crippen molar-refractivity contribution in [2.45, 2.75) is 32.0 Å². The first kappa shape index (κ1) is 15.7. The number of rotatable bonds is 3. The van der Waals surface area contributed by atoms with Crippen LogP contribution >= 0.6 is 0 Å². The molecule has 2 aromatic heterocycles. The number of aromatic nitrogens is 4. The summed E-state index contributed by atoms with van der Waals surface area (Å²) in [6, 6.07) is 10.4. The van der Waals surface area contributed by atoms with Crippen molar-refractivity contribution < 1.29 is 4.74 Å². The normalized spacial score (nSPS) is 20.5. The minimum Gasteiger partial charge on any atom is -0.381 e. The van der Waals surface area contributed by atoms with E-state index in [1.165, 1.54) is 5.56 Å². The molecule has 0 N–H and O–H groups in total. The van der Waals surface area contributed by atoms with E-state index in [1.807, 2.05) is 6.07 Å². The van der Waals surface area contributed by atoms with Crippen LogP contribution in [0.25, 0.3) is 5.52 Å². The highest BCUT2D eigenvalue weighted by atomic mass is 16.5. The lowest BCUT2D eigenvalue weighted by Gasteiger charge is -2.29. The van der Waals surface area contributed by atoms with Crippen molar-refractivity contribution in [1.82, 2.24) is 24.1 Å². The Balaban J connectivity index is 1.49. The van der Waals surface area contributed by atoms with Gasteiger partial charge in [-0.15, -0.1) is 0 Å². The second kappa shape index (κ2) is 6.34. The molecule has 1 unspecified atom stereocenters. The van der Waals surface area contributed by atoms with Gasteiger partial charge < -0.3 is 4.74 Å². The fourth-order valence-electron chi connectivity index (χ4n) is 3.90. The fraction of sp³-hybridized carbons (Fsp3) is 0.421. The quantitative estimate of drug-likeness (QED) is 0.714. The van der Waals surface area contributed by atoms with Crippen molar-refractivity contribution >= 4 is 5.52 Å². The number of benzene rings is 1. The van der Waals surface area contributed by atoms with Crippen molar-refractivity contribution in [2.75, 3.05) is 19.8 Å². The van der Waals surface area contributed by atoms with Crippen LogP contribution in [0.2, 0.25) is 0 Å². The second-order valence-corrected chi connectivity index (χ2v) is 7.04. The van der Waals surface area contributed by atoms with Crippen LogP contribution in [0.15, 0.2) is 41.3 Å². The summed E-state index contributed by atoms with van der Waals surface area (Å²) in [5.74, 6) is 1.87. The molecule has 0 aliphatic carbocycles. The van der Waals surface area contributed by atoms with Crippen LogP contribution in [0.3, 0.4) is 0 Å².